The molecule has 7 atom stereocenters. The van der Waals surface area contributed by atoms with Crippen LogP contribution >= 0.6 is 0 Å². The van der Waals surface area contributed by atoms with Crippen molar-refractivity contribution in [1.29, 1.82) is 0 Å². The van der Waals surface area contributed by atoms with E-state index in [1.807, 2.05) is 11.1 Å². The molecule has 0 aromatic rings. The summed E-state index contributed by atoms with van der Waals surface area (Å²) in [4.78, 5) is 41.8. The van der Waals surface area contributed by atoms with Crippen molar-refractivity contribution >= 4 is 17.7 Å². The molecule has 3 N–H and O–H groups in total. The molecule has 0 radical (unpaired) electrons. The number of hydrogen-bond donors (Lipinski definition) is 3. The lowest BCUT2D eigenvalue weighted by Crippen LogP contribution is -2.53. The number of carbonyl (C=O) groups is 3. The van der Waals surface area contributed by atoms with Crippen molar-refractivity contribution in [3.8, 4) is 0 Å². The Labute approximate surface area is 337 Å². The Kier molecular flexibility index (Phi) is 13.9. The van der Waals surface area contributed by atoms with Gasteiger partial charge in [-0.2, -0.15) is 0 Å². The number of nitrogens with zero attached hydrogens (tertiary/aromatic N) is 2. The van der Waals surface area contributed by atoms with Crippen LogP contribution in [0.2, 0.25) is 0 Å². The van der Waals surface area contributed by atoms with Crippen molar-refractivity contribution in [2.75, 3.05) is 39.3 Å². The van der Waals surface area contributed by atoms with Gasteiger partial charge in [-0.05, 0) is 151 Å². The zero-order valence-electron chi connectivity index (χ0n) is 34.6. The molecule has 4 saturated carbocycles. The van der Waals surface area contributed by atoms with Crippen LogP contribution in [0.1, 0.15) is 148 Å². The first kappa shape index (κ1) is 40.9. The topological polar surface area (TPSA) is 120 Å². The van der Waals surface area contributed by atoms with Crippen LogP contribution in [0.15, 0.2) is 11.1 Å². The molecule has 4 saturated heterocycles. The first-order valence-electron chi connectivity index (χ1n) is 23.6. The third kappa shape index (κ3) is 9.61. The highest BCUT2D eigenvalue weighted by Crippen LogP contribution is 2.47. The predicted octanol–water partition coefficient (Wildman–Crippen LogP) is 6.50. The minimum absolute atomic E-state index is 0.0404. The molecule has 7 unspecified atom stereocenters. The molecule has 4 heterocycles. The van der Waals surface area contributed by atoms with Crippen LogP contribution < -0.4 is 10.6 Å². The molecule has 4 aliphatic heterocycles. The summed E-state index contributed by atoms with van der Waals surface area (Å²) in [5.74, 6) is 3.41. The third-order valence-corrected chi connectivity index (χ3v) is 16.2. The Hall–Kier alpha value is -1.85. The van der Waals surface area contributed by atoms with Crippen LogP contribution in [-0.4, -0.2) is 103 Å². The Morgan fingerprint density at radius 3 is 2.21 bits per heavy atom. The number of allylic oxidation sites excluding steroid dienone is 2. The van der Waals surface area contributed by atoms with Gasteiger partial charge in [-0.3, -0.25) is 29.9 Å². The maximum Gasteiger partial charge on any atom is 0.249 e. The molecule has 10 nitrogen and oxygen atoms in total. The number of nitrogens with one attached hydrogen (secondary N) is 2. The van der Waals surface area contributed by atoms with Crippen molar-refractivity contribution < 1.29 is 29.0 Å². The second kappa shape index (κ2) is 19.0. The van der Waals surface area contributed by atoms with Crippen molar-refractivity contribution in [2.45, 2.75) is 179 Å². The second-order valence-electron chi connectivity index (χ2n) is 19.5. The van der Waals surface area contributed by atoms with E-state index in [0.717, 1.165) is 89.6 Å². The smallest absolute Gasteiger partial charge is 0.249 e. The highest BCUT2D eigenvalue weighted by molar-refractivity contribution is 6.02. The van der Waals surface area contributed by atoms with Crippen LogP contribution in [-0.2, 0) is 23.9 Å². The van der Waals surface area contributed by atoms with Gasteiger partial charge in [-0.1, -0.05) is 37.3 Å². The summed E-state index contributed by atoms with van der Waals surface area (Å²) in [6.45, 7) is 7.94. The van der Waals surface area contributed by atoms with Crippen molar-refractivity contribution in [3.63, 3.8) is 0 Å². The molecular weight excluding hydrogens is 705 g/mol. The fourth-order valence-corrected chi connectivity index (χ4v) is 13.1. The quantitative estimate of drug-likeness (QED) is 0.152. The van der Waals surface area contributed by atoms with E-state index in [2.05, 4.69) is 22.5 Å². The van der Waals surface area contributed by atoms with Gasteiger partial charge < -0.3 is 19.5 Å². The number of aliphatic hydroxyl groups excluding tert-OH is 1. The van der Waals surface area contributed by atoms with E-state index < -0.39 is 6.04 Å². The number of rotatable bonds is 12. The number of aliphatic hydroxyl groups is 1. The van der Waals surface area contributed by atoms with Gasteiger partial charge in [0, 0.05) is 45.1 Å². The number of ether oxygens (including phenoxy) is 2. The van der Waals surface area contributed by atoms with E-state index in [1.54, 1.807) is 4.90 Å². The molecule has 0 aromatic heterocycles. The lowest BCUT2D eigenvalue weighted by Gasteiger charge is -2.39. The molecule has 0 bridgehead atoms. The maximum atomic E-state index is 13.3. The Balaban J connectivity index is 0.728. The van der Waals surface area contributed by atoms with Crippen LogP contribution in [0.25, 0.3) is 0 Å². The molecule has 0 aromatic carbocycles. The molecule has 0 spiro atoms. The monoisotopic (exact) mass is 779 g/mol. The van der Waals surface area contributed by atoms with E-state index in [9.17, 15) is 19.5 Å². The summed E-state index contributed by atoms with van der Waals surface area (Å²) >= 11 is 0. The van der Waals surface area contributed by atoms with Crippen LogP contribution in [0.5, 0.6) is 0 Å². The molecular formula is C46H74N4O6. The lowest BCUT2D eigenvalue weighted by molar-refractivity contribution is -0.144. The van der Waals surface area contributed by atoms with Crippen LogP contribution in [0, 0.1) is 41.4 Å². The summed E-state index contributed by atoms with van der Waals surface area (Å²) in [7, 11) is 0. The van der Waals surface area contributed by atoms with E-state index in [1.165, 1.54) is 83.5 Å². The number of hydrogen-bond acceptors (Lipinski definition) is 8. The van der Waals surface area contributed by atoms with Crippen LogP contribution in [0.3, 0.4) is 0 Å². The van der Waals surface area contributed by atoms with Gasteiger partial charge in [0.1, 0.15) is 12.3 Å². The molecule has 4 aliphatic carbocycles. The Morgan fingerprint density at radius 2 is 1.50 bits per heavy atom. The molecule has 3 amide bonds. The summed E-state index contributed by atoms with van der Waals surface area (Å²) < 4.78 is 13.2. The molecule has 8 fully saturated rings. The fourth-order valence-electron chi connectivity index (χ4n) is 13.1. The molecule has 8 aliphatic rings. The standard InChI is InChI=1S/C46H74N4O6/c1-2-39(30-6-4-3-5-7-30)44(31-8-14-36(51)15-9-31)32-10-16-37(17-11-32)55-25-24-49-23-22-38(29-49)56-43-21-13-34(27-47-43)33-12-18-40-35(26-33)28-50(46(40)54)41-19-20-42(52)48-45(41)53/h30-38,40-41,43,47,51H,2-29H2,1H3,(H,48,52,53)/b44-39-. The molecule has 314 valence electrons. The average molecular weight is 779 g/mol. The number of carbonyl (C=O) groups excluding carboxylic acids is 3. The van der Waals surface area contributed by atoms with Crippen molar-refractivity contribution in [3.05, 3.63) is 11.1 Å². The summed E-state index contributed by atoms with van der Waals surface area (Å²) in [5.41, 5.74) is 3.68. The van der Waals surface area contributed by atoms with E-state index in [0.29, 0.717) is 49.2 Å². The third-order valence-electron chi connectivity index (χ3n) is 16.2. The normalized spacial score (nSPS) is 39.7. The number of fused-ring (bicyclic) bond motifs is 1. The Bertz CT molecular complexity index is 1380. The molecule has 8 rings (SSSR count). The van der Waals surface area contributed by atoms with Gasteiger partial charge in [0.15, 0.2) is 0 Å². The van der Waals surface area contributed by atoms with Crippen LogP contribution in [0.4, 0.5) is 0 Å². The van der Waals surface area contributed by atoms with E-state index in [-0.39, 0.29) is 42.1 Å². The lowest BCUT2D eigenvalue weighted by atomic mass is 9.68. The maximum absolute atomic E-state index is 13.3. The largest absolute Gasteiger partial charge is 0.393 e. The minimum Gasteiger partial charge on any atom is -0.393 e. The average Bonchev–Trinajstić information content (AvgIpc) is 3.81. The highest BCUT2D eigenvalue weighted by atomic mass is 16.5. The molecule has 10 heteroatoms. The number of piperidine rings is 2. The van der Waals surface area contributed by atoms with E-state index >= 15 is 0 Å². The fraction of sp³-hybridized carbons (Fsp3) is 0.891. The first-order valence-corrected chi connectivity index (χ1v) is 23.6. The zero-order valence-corrected chi connectivity index (χ0v) is 34.6. The van der Waals surface area contributed by atoms with E-state index in [4.69, 9.17) is 9.47 Å². The number of imide groups is 1. The minimum atomic E-state index is -0.479. The van der Waals surface area contributed by atoms with Gasteiger partial charge in [0.2, 0.25) is 17.7 Å². The summed E-state index contributed by atoms with van der Waals surface area (Å²) in [5, 5.41) is 16.5. The van der Waals surface area contributed by atoms with Gasteiger partial charge in [0.25, 0.3) is 0 Å². The second-order valence-corrected chi connectivity index (χ2v) is 19.5. The first-order chi connectivity index (χ1) is 27.3. The van der Waals surface area contributed by atoms with Crippen molar-refractivity contribution in [1.82, 2.24) is 20.4 Å². The summed E-state index contributed by atoms with van der Waals surface area (Å²) in [6.07, 6.45) is 25.3. The van der Waals surface area contributed by atoms with Gasteiger partial charge in [-0.15, -0.1) is 0 Å². The predicted molar refractivity (Wildman–Crippen MR) is 216 cm³/mol. The number of amides is 3. The number of likely N-dealkylation sites (tertiary alicyclic amines) is 2. The zero-order chi connectivity index (χ0) is 38.6. The Morgan fingerprint density at radius 1 is 0.750 bits per heavy atom. The van der Waals surface area contributed by atoms with Gasteiger partial charge >= 0.3 is 0 Å². The summed E-state index contributed by atoms with van der Waals surface area (Å²) in [6, 6.07) is -0.479. The van der Waals surface area contributed by atoms with Gasteiger partial charge in [0.05, 0.1) is 24.9 Å². The van der Waals surface area contributed by atoms with Gasteiger partial charge in [-0.25, -0.2) is 0 Å². The SMILES string of the molecule is CC/C(=C(\C1CCC(O)CC1)C1CCC(OCCN2CCC(OC3CCC(C4CCC5C(=O)N(C6CCC(=O)NC6=O)CC5C4)CN3)C2)CC1)C1CCCCC1. The molecule has 56 heavy (non-hydrogen) atoms. The highest BCUT2D eigenvalue weighted by Gasteiger charge is 2.49. The van der Waals surface area contributed by atoms with Crippen molar-refractivity contribution in [2.24, 2.45) is 41.4 Å².